The van der Waals surface area contributed by atoms with Crippen LogP contribution in [0.4, 0.5) is 0 Å². The van der Waals surface area contributed by atoms with Crippen molar-refractivity contribution in [2.45, 2.75) is 40.5 Å². The van der Waals surface area contributed by atoms with Crippen molar-refractivity contribution < 1.29 is 0 Å². The van der Waals surface area contributed by atoms with Gasteiger partial charge in [-0.1, -0.05) is 27.7 Å². The zero-order valence-electron chi connectivity index (χ0n) is 8.89. The van der Waals surface area contributed by atoms with Crippen LogP contribution in [0.15, 0.2) is 0 Å². The third kappa shape index (κ3) is 1.81. The quantitative estimate of drug-likeness (QED) is 0.632. The summed E-state index contributed by atoms with van der Waals surface area (Å²) in [6, 6.07) is 0. The topological polar surface area (TPSA) is 0 Å². The van der Waals surface area contributed by atoms with Crippen LogP contribution in [0.3, 0.4) is 0 Å². The zero-order valence-corrected chi connectivity index (χ0v) is 9.71. The fourth-order valence-electron chi connectivity index (χ4n) is 2.57. The Balaban J connectivity index is 2.70. The van der Waals surface area contributed by atoms with Crippen LogP contribution in [-0.2, 0) is 0 Å². The molecule has 0 unspecified atom stereocenters. The molecule has 0 atom stereocenters. The van der Waals surface area contributed by atoms with Crippen molar-refractivity contribution in [3.8, 4) is 0 Å². The first-order chi connectivity index (χ1) is 5.59. The summed E-state index contributed by atoms with van der Waals surface area (Å²) in [5.41, 5.74) is 0.658. The highest BCUT2D eigenvalue weighted by atomic mass is 32.2. The van der Waals surface area contributed by atoms with E-state index >= 15 is 0 Å². The lowest BCUT2D eigenvalue weighted by molar-refractivity contribution is 0.0986. The Hall–Kier alpha value is 0.350. The second kappa shape index (κ2) is 4.04. The normalized spacial score (nSPS) is 23.5. The molecule has 1 rings (SSSR count). The molecule has 0 saturated carbocycles. The Labute approximate surface area is 81.5 Å². The number of hydrogen-bond donors (Lipinski definition) is 0. The van der Waals surface area contributed by atoms with E-state index in [0.717, 1.165) is 11.8 Å². The Morgan fingerprint density at radius 2 is 1.33 bits per heavy atom. The molecule has 12 heavy (non-hydrogen) atoms. The molecule has 1 saturated heterocycles. The highest BCUT2D eigenvalue weighted by Gasteiger charge is 2.37. The van der Waals surface area contributed by atoms with Gasteiger partial charge in [0.15, 0.2) is 0 Å². The molecule has 0 spiro atoms. The molecule has 0 aliphatic carbocycles. The Kier molecular flexibility index (Phi) is 3.51. The van der Waals surface area contributed by atoms with E-state index in [2.05, 4.69) is 39.5 Å². The lowest BCUT2D eigenvalue weighted by Crippen LogP contribution is -2.36. The number of thioether (sulfide) groups is 1. The van der Waals surface area contributed by atoms with E-state index in [1.54, 1.807) is 0 Å². The molecule has 1 aliphatic rings. The Bertz CT molecular complexity index is 122. The molecule has 72 valence electrons. The second-order valence-corrected chi connectivity index (χ2v) is 5.88. The minimum Gasteiger partial charge on any atom is -0.162 e. The lowest BCUT2D eigenvalue weighted by Gasteiger charge is -2.44. The van der Waals surface area contributed by atoms with Gasteiger partial charge in [-0.05, 0) is 41.6 Å². The first kappa shape index (κ1) is 10.4. The lowest BCUT2D eigenvalue weighted by atomic mass is 9.65. The van der Waals surface area contributed by atoms with E-state index in [1.807, 2.05) is 0 Å². The fraction of sp³-hybridized carbons (Fsp3) is 1.00. The van der Waals surface area contributed by atoms with Gasteiger partial charge in [0, 0.05) is 0 Å². The van der Waals surface area contributed by atoms with Gasteiger partial charge < -0.3 is 0 Å². The molecule has 0 aromatic rings. The Morgan fingerprint density at radius 1 is 0.917 bits per heavy atom. The summed E-state index contributed by atoms with van der Waals surface area (Å²) < 4.78 is 0. The maximum Gasteiger partial charge on any atom is -0.00620 e. The number of hydrogen-bond acceptors (Lipinski definition) is 1. The van der Waals surface area contributed by atoms with E-state index in [9.17, 15) is 0 Å². The predicted octanol–water partition coefficient (Wildman–Crippen LogP) is 3.81. The van der Waals surface area contributed by atoms with Gasteiger partial charge in [-0.15, -0.1) is 0 Å². The van der Waals surface area contributed by atoms with E-state index < -0.39 is 0 Å². The highest BCUT2D eigenvalue weighted by molar-refractivity contribution is 7.99. The van der Waals surface area contributed by atoms with E-state index in [4.69, 9.17) is 0 Å². The van der Waals surface area contributed by atoms with E-state index in [-0.39, 0.29) is 0 Å². The monoisotopic (exact) mass is 186 g/mol. The van der Waals surface area contributed by atoms with Crippen molar-refractivity contribution >= 4 is 11.8 Å². The van der Waals surface area contributed by atoms with Crippen LogP contribution >= 0.6 is 11.8 Å². The standard InChI is InChI=1S/C11H22S/c1-9(2)11(10(3)4)5-7-12-8-6-11/h9-10H,5-8H2,1-4H3. The molecule has 1 heterocycles. The fourth-order valence-corrected chi connectivity index (χ4v) is 3.83. The molecular formula is C11H22S. The van der Waals surface area contributed by atoms with Gasteiger partial charge in [0.25, 0.3) is 0 Å². The largest absolute Gasteiger partial charge is 0.162 e. The average molecular weight is 186 g/mol. The van der Waals surface area contributed by atoms with Crippen LogP contribution in [0.2, 0.25) is 0 Å². The molecular weight excluding hydrogens is 164 g/mol. The van der Waals surface area contributed by atoms with Gasteiger partial charge in [-0.25, -0.2) is 0 Å². The average Bonchev–Trinajstić information content (AvgIpc) is 2.05. The molecule has 0 aromatic carbocycles. The molecule has 1 aliphatic heterocycles. The van der Waals surface area contributed by atoms with Gasteiger partial charge in [0.1, 0.15) is 0 Å². The third-order valence-electron chi connectivity index (χ3n) is 3.72. The molecule has 1 fully saturated rings. The summed E-state index contributed by atoms with van der Waals surface area (Å²) in [5, 5.41) is 0. The van der Waals surface area contributed by atoms with Crippen LogP contribution in [-0.4, -0.2) is 11.5 Å². The Morgan fingerprint density at radius 3 is 1.58 bits per heavy atom. The molecule has 0 nitrogen and oxygen atoms in total. The van der Waals surface area contributed by atoms with Gasteiger partial charge in [0.2, 0.25) is 0 Å². The van der Waals surface area contributed by atoms with E-state index in [1.165, 1.54) is 24.3 Å². The summed E-state index contributed by atoms with van der Waals surface area (Å²) in [7, 11) is 0. The van der Waals surface area contributed by atoms with Crippen LogP contribution in [0.5, 0.6) is 0 Å². The van der Waals surface area contributed by atoms with Crippen molar-refractivity contribution in [3.05, 3.63) is 0 Å². The smallest absolute Gasteiger partial charge is 0.00620 e. The van der Waals surface area contributed by atoms with Crippen LogP contribution in [0, 0.1) is 17.3 Å². The molecule has 0 bridgehead atoms. The number of rotatable bonds is 2. The molecule has 0 aromatic heterocycles. The van der Waals surface area contributed by atoms with Crippen molar-refractivity contribution in [1.82, 2.24) is 0 Å². The van der Waals surface area contributed by atoms with Crippen molar-refractivity contribution in [1.29, 1.82) is 0 Å². The maximum atomic E-state index is 2.40. The molecule has 0 N–H and O–H groups in total. The zero-order chi connectivity index (χ0) is 9.19. The minimum atomic E-state index is 0.658. The summed E-state index contributed by atoms with van der Waals surface area (Å²) in [5.74, 6) is 4.49. The van der Waals surface area contributed by atoms with Gasteiger partial charge in [0.05, 0.1) is 0 Å². The predicted molar refractivity (Wildman–Crippen MR) is 58.7 cm³/mol. The summed E-state index contributed by atoms with van der Waals surface area (Å²) in [6.45, 7) is 9.60. The van der Waals surface area contributed by atoms with Gasteiger partial charge in [-0.2, -0.15) is 11.8 Å². The molecule has 1 heteroatoms. The first-order valence-electron chi connectivity index (χ1n) is 5.17. The van der Waals surface area contributed by atoms with Crippen molar-refractivity contribution in [2.24, 2.45) is 17.3 Å². The summed E-state index contributed by atoms with van der Waals surface area (Å²) in [4.78, 5) is 0. The van der Waals surface area contributed by atoms with Gasteiger partial charge >= 0.3 is 0 Å². The van der Waals surface area contributed by atoms with E-state index in [0.29, 0.717) is 5.41 Å². The van der Waals surface area contributed by atoms with Gasteiger partial charge in [-0.3, -0.25) is 0 Å². The van der Waals surface area contributed by atoms with Crippen molar-refractivity contribution in [3.63, 3.8) is 0 Å². The van der Waals surface area contributed by atoms with Crippen LogP contribution in [0.25, 0.3) is 0 Å². The summed E-state index contributed by atoms with van der Waals surface area (Å²) in [6.07, 6.45) is 2.88. The molecule has 0 amide bonds. The SMILES string of the molecule is CC(C)C1(C(C)C)CCSCC1. The van der Waals surface area contributed by atoms with Crippen LogP contribution < -0.4 is 0 Å². The third-order valence-corrected chi connectivity index (χ3v) is 4.71. The molecule has 0 radical (unpaired) electrons. The maximum absolute atomic E-state index is 2.40. The second-order valence-electron chi connectivity index (χ2n) is 4.65. The first-order valence-corrected chi connectivity index (χ1v) is 6.33. The van der Waals surface area contributed by atoms with Crippen molar-refractivity contribution in [2.75, 3.05) is 11.5 Å². The van der Waals surface area contributed by atoms with Crippen LogP contribution in [0.1, 0.15) is 40.5 Å². The minimum absolute atomic E-state index is 0.658. The highest BCUT2D eigenvalue weighted by Crippen LogP contribution is 2.46. The summed E-state index contributed by atoms with van der Waals surface area (Å²) >= 11 is 2.13.